The zero-order chi connectivity index (χ0) is 14.7. The molecule has 0 atom stereocenters. The number of benzene rings is 2. The minimum Gasteiger partial charge on any atom is -0.330 e. The number of nitrogens with two attached hydrogens (primary N) is 1. The monoisotopic (exact) mass is 267 g/mol. The summed E-state index contributed by atoms with van der Waals surface area (Å²) >= 11 is 0. The van der Waals surface area contributed by atoms with Gasteiger partial charge in [-0.25, -0.2) is 0 Å². The number of hydrogen-bond acceptors (Lipinski definition) is 2. The van der Waals surface area contributed by atoms with Crippen LogP contribution >= 0.6 is 0 Å². The van der Waals surface area contributed by atoms with E-state index in [1.165, 1.54) is 11.1 Å². The minimum absolute atomic E-state index is 0.0966. The molecule has 0 aromatic heterocycles. The van der Waals surface area contributed by atoms with Gasteiger partial charge in [0.1, 0.15) is 0 Å². The summed E-state index contributed by atoms with van der Waals surface area (Å²) in [5.41, 5.74) is 11.5. The molecule has 0 heterocycles. The molecule has 0 unspecified atom stereocenters. The van der Waals surface area contributed by atoms with Gasteiger partial charge in [0.05, 0.1) is 0 Å². The molecule has 0 spiro atoms. The molecule has 0 amide bonds. The highest BCUT2D eigenvalue weighted by molar-refractivity contribution is 6.10. The van der Waals surface area contributed by atoms with Gasteiger partial charge < -0.3 is 5.73 Å². The number of carbonyl (C=O) groups is 1. The molecule has 2 aromatic carbocycles. The minimum atomic E-state index is 0.0966. The molecule has 104 valence electrons. The Kier molecular flexibility index (Phi) is 4.35. The van der Waals surface area contributed by atoms with E-state index in [4.69, 9.17) is 5.73 Å². The lowest BCUT2D eigenvalue weighted by atomic mass is 9.93. The van der Waals surface area contributed by atoms with Crippen LogP contribution in [-0.2, 0) is 6.42 Å². The number of aryl methyl sites for hydroxylation is 3. The first-order valence-electron chi connectivity index (χ1n) is 6.94. The molecule has 2 nitrogen and oxygen atoms in total. The van der Waals surface area contributed by atoms with Crippen LogP contribution in [0.1, 0.15) is 38.2 Å². The van der Waals surface area contributed by atoms with Gasteiger partial charge in [0.15, 0.2) is 5.78 Å². The Balaban J connectivity index is 2.36. The Hall–Kier alpha value is -1.93. The van der Waals surface area contributed by atoms with Crippen LogP contribution in [0.4, 0.5) is 0 Å². The van der Waals surface area contributed by atoms with Crippen LogP contribution in [0.3, 0.4) is 0 Å². The maximum Gasteiger partial charge on any atom is 0.193 e. The topological polar surface area (TPSA) is 43.1 Å². The normalized spacial score (nSPS) is 10.6. The van der Waals surface area contributed by atoms with Crippen molar-refractivity contribution in [2.45, 2.75) is 27.2 Å². The van der Waals surface area contributed by atoms with Crippen LogP contribution in [0.25, 0.3) is 0 Å². The summed E-state index contributed by atoms with van der Waals surface area (Å²) in [6.07, 6.45) is 0.844. The van der Waals surface area contributed by atoms with Gasteiger partial charge in [-0.15, -0.1) is 0 Å². The number of hydrogen-bond donors (Lipinski definition) is 1. The van der Waals surface area contributed by atoms with Crippen molar-refractivity contribution < 1.29 is 4.79 Å². The van der Waals surface area contributed by atoms with E-state index in [1.54, 1.807) is 0 Å². The lowest BCUT2D eigenvalue weighted by Gasteiger charge is -2.11. The van der Waals surface area contributed by atoms with Crippen LogP contribution in [-0.4, -0.2) is 12.3 Å². The Morgan fingerprint density at radius 1 is 1.00 bits per heavy atom. The summed E-state index contributed by atoms with van der Waals surface area (Å²) in [6.45, 7) is 6.67. The van der Waals surface area contributed by atoms with E-state index in [0.717, 1.165) is 28.7 Å². The quantitative estimate of drug-likeness (QED) is 0.863. The number of carbonyl (C=O) groups excluding carboxylic acids is 1. The zero-order valence-electron chi connectivity index (χ0n) is 12.4. The zero-order valence-corrected chi connectivity index (χ0v) is 12.4. The third-order valence-electron chi connectivity index (χ3n) is 3.55. The molecule has 0 saturated carbocycles. The summed E-state index contributed by atoms with van der Waals surface area (Å²) in [5.74, 6) is 0.0966. The molecule has 0 fully saturated rings. The predicted molar refractivity (Wildman–Crippen MR) is 83.3 cm³/mol. The average Bonchev–Trinajstić information content (AvgIpc) is 2.38. The van der Waals surface area contributed by atoms with Crippen molar-refractivity contribution in [2.75, 3.05) is 6.54 Å². The van der Waals surface area contributed by atoms with Gasteiger partial charge in [-0.2, -0.15) is 0 Å². The van der Waals surface area contributed by atoms with Crippen molar-refractivity contribution in [2.24, 2.45) is 5.73 Å². The van der Waals surface area contributed by atoms with E-state index in [-0.39, 0.29) is 5.78 Å². The van der Waals surface area contributed by atoms with Gasteiger partial charge in [0.2, 0.25) is 0 Å². The second-order valence-electron chi connectivity index (χ2n) is 5.34. The summed E-state index contributed by atoms with van der Waals surface area (Å²) in [4.78, 5) is 12.6. The standard InChI is InChI=1S/C18H21NO/c1-12-10-13(2)17(14(3)11-12)18(20)16-6-4-15(5-7-16)8-9-19/h4-7,10-11H,8-9,19H2,1-3H3. The second-order valence-corrected chi connectivity index (χ2v) is 5.34. The molecule has 0 aliphatic rings. The van der Waals surface area contributed by atoms with Gasteiger partial charge in [0, 0.05) is 11.1 Å². The lowest BCUT2D eigenvalue weighted by molar-refractivity contribution is 0.103. The molecule has 2 N–H and O–H groups in total. The highest BCUT2D eigenvalue weighted by Gasteiger charge is 2.14. The summed E-state index contributed by atoms with van der Waals surface area (Å²) in [7, 11) is 0. The molecule has 0 radical (unpaired) electrons. The highest BCUT2D eigenvalue weighted by Crippen LogP contribution is 2.20. The smallest absolute Gasteiger partial charge is 0.193 e. The van der Waals surface area contributed by atoms with Crippen molar-refractivity contribution in [3.63, 3.8) is 0 Å². The molecule has 0 saturated heterocycles. The van der Waals surface area contributed by atoms with Gasteiger partial charge >= 0.3 is 0 Å². The first-order chi connectivity index (χ1) is 9.52. The molecular weight excluding hydrogens is 246 g/mol. The maximum absolute atomic E-state index is 12.6. The van der Waals surface area contributed by atoms with Crippen molar-refractivity contribution >= 4 is 5.78 Å². The van der Waals surface area contributed by atoms with Gasteiger partial charge in [0.25, 0.3) is 0 Å². The van der Waals surface area contributed by atoms with Crippen LogP contribution in [0.15, 0.2) is 36.4 Å². The first-order valence-corrected chi connectivity index (χ1v) is 6.94. The first kappa shape index (κ1) is 14.5. The summed E-state index contributed by atoms with van der Waals surface area (Å²) in [6, 6.07) is 11.9. The fourth-order valence-electron chi connectivity index (χ4n) is 2.67. The molecule has 0 aliphatic heterocycles. The van der Waals surface area contributed by atoms with Crippen LogP contribution in [0.5, 0.6) is 0 Å². The van der Waals surface area contributed by atoms with Crippen LogP contribution in [0, 0.1) is 20.8 Å². The van der Waals surface area contributed by atoms with E-state index in [0.29, 0.717) is 6.54 Å². The summed E-state index contributed by atoms with van der Waals surface area (Å²) in [5, 5.41) is 0. The fourth-order valence-corrected chi connectivity index (χ4v) is 2.67. The van der Waals surface area contributed by atoms with Crippen molar-refractivity contribution in [1.29, 1.82) is 0 Å². The Labute approximate surface area is 120 Å². The molecule has 20 heavy (non-hydrogen) atoms. The maximum atomic E-state index is 12.6. The van der Waals surface area contributed by atoms with Crippen molar-refractivity contribution in [1.82, 2.24) is 0 Å². The van der Waals surface area contributed by atoms with Crippen LogP contribution < -0.4 is 5.73 Å². The third kappa shape index (κ3) is 2.97. The Bertz CT molecular complexity index is 603. The molecule has 2 aromatic rings. The highest BCUT2D eigenvalue weighted by atomic mass is 16.1. The van der Waals surface area contributed by atoms with Crippen molar-refractivity contribution in [3.05, 3.63) is 69.8 Å². The number of ketones is 1. The lowest BCUT2D eigenvalue weighted by Crippen LogP contribution is -2.07. The van der Waals surface area contributed by atoms with E-state index < -0.39 is 0 Å². The van der Waals surface area contributed by atoms with Gasteiger partial charge in [-0.1, -0.05) is 42.0 Å². The molecule has 2 heteroatoms. The average molecular weight is 267 g/mol. The second kappa shape index (κ2) is 6.02. The summed E-state index contributed by atoms with van der Waals surface area (Å²) < 4.78 is 0. The van der Waals surface area contributed by atoms with E-state index in [2.05, 4.69) is 19.1 Å². The van der Waals surface area contributed by atoms with E-state index in [9.17, 15) is 4.79 Å². The SMILES string of the molecule is Cc1cc(C)c(C(=O)c2ccc(CCN)cc2)c(C)c1. The largest absolute Gasteiger partial charge is 0.330 e. The molecular formula is C18H21NO. The van der Waals surface area contributed by atoms with Crippen LogP contribution in [0.2, 0.25) is 0 Å². The third-order valence-corrected chi connectivity index (χ3v) is 3.55. The van der Waals surface area contributed by atoms with Crippen molar-refractivity contribution in [3.8, 4) is 0 Å². The Morgan fingerprint density at radius 2 is 1.55 bits per heavy atom. The van der Waals surface area contributed by atoms with Gasteiger partial charge in [-0.05, 0) is 50.4 Å². The fraction of sp³-hybridized carbons (Fsp3) is 0.278. The predicted octanol–water partition coefficient (Wildman–Crippen LogP) is 3.34. The molecule has 0 aliphatic carbocycles. The Morgan fingerprint density at radius 3 is 2.05 bits per heavy atom. The molecule has 2 rings (SSSR count). The van der Waals surface area contributed by atoms with Gasteiger partial charge in [-0.3, -0.25) is 4.79 Å². The van der Waals surface area contributed by atoms with E-state index >= 15 is 0 Å². The molecule has 0 bridgehead atoms. The van der Waals surface area contributed by atoms with E-state index in [1.807, 2.05) is 38.1 Å². The number of rotatable bonds is 4.